The van der Waals surface area contributed by atoms with Crippen LogP contribution in [0.4, 0.5) is 0 Å². The Morgan fingerprint density at radius 1 is 1.29 bits per heavy atom. The van der Waals surface area contributed by atoms with Crippen molar-refractivity contribution in [1.82, 2.24) is 9.97 Å². The van der Waals surface area contributed by atoms with Crippen LogP contribution in [-0.2, 0) is 4.74 Å². The molecule has 1 aromatic rings. The maximum atomic E-state index is 12.2. The fraction of sp³-hybridized carbons (Fsp3) is 0.750. The van der Waals surface area contributed by atoms with Crippen LogP contribution in [0.2, 0.25) is 0 Å². The first-order valence-electron chi connectivity index (χ1n) is 8.12. The molecule has 5 heteroatoms. The summed E-state index contributed by atoms with van der Waals surface area (Å²) in [7, 11) is 0. The second kappa shape index (κ2) is 6.61. The maximum absolute atomic E-state index is 12.2. The molecule has 0 amide bonds. The van der Waals surface area contributed by atoms with Crippen molar-refractivity contribution in [2.75, 3.05) is 6.61 Å². The molecule has 116 valence electrons. The molecule has 2 aliphatic carbocycles. The molecule has 0 saturated heterocycles. The summed E-state index contributed by atoms with van der Waals surface area (Å²) >= 11 is 3.39. The van der Waals surface area contributed by atoms with Gasteiger partial charge < -0.3 is 9.72 Å². The van der Waals surface area contributed by atoms with E-state index >= 15 is 0 Å². The molecule has 0 spiro atoms. The van der Waals surface area contributed by atoms with Crippen molar-refractivity contribution in [2.24, 2.45) is 5.92 Å². The number of hydrogen-bond donors (Lipinski definition) is 1. The first-order chi connectivity index (χ1) is 10.2. The molecule has 0 radical (unpaired) electrons. The van der Waals surface area contributed by atoms with Crippen molar-refractivity contribution in [1.29, 1.82) is 0 Å². The molecule has 1 heterocycles. The average Bonchev–Trinajstić information content (AvgIpc) is 3.33. The largest absolute Gasteiger partial charge is 0.370 e. The smallest absolute Gasteiger partial charge is 0.265 e. The number of nitrogens with one attached hydrogen (secondary N) is 1. The lowest BCUT2D eigenvalue weighted by molar-refractivity contribution is -0.000508. The molecule has 1 aromatic heterocycles. The molecule has 0 bridgehead atoms. The monoisotopic (exact) mass is 354 g/mol. The molecule has 3 rings (SSSR count). The van der Waals surface area contributed by atoms with E-state index in [1.54, 1.807) is 0 Å². The molecule has 21 heavy (non-hydrogen) atoms. The highest BCUT2D eigenvalue weighted by molar-refractivity contribution is 9.10. The summed E-state index contributed by atoms with van der Waals surface area (Å²) < 4.78 is 6.57. The lowest BCUT2D eigenvalue weighted by atomic mass is 9.85. The van der Waals surface area contributed by atoms with Gasteiger partial charge in [0, 0.05) is 12.5 Å². The molecule has 0 aliphatic heterocycles. The van der Waals surface area contributed by atoms with Crippen molar-refractivity contribution < 1.29 is 4.74 Å². The molecule has 1 N–H and O–H groups in total. The van der Waals surface area contributed by atoms with Crippen LogP contribution in [0.3, 0.4) is 0 Å². The van der Waals surface area contributed by atoms with E-state index in [-0.39, 0.29) is 11.7 Å². The zero-order chi connectivity index (χ0) is 14.8. The summed E-state index contributed by atoms with van der Waals surface area (Å²) in [6, 6.07) is 0. The second-order valence-corrected chi connectivity index (χ2v) is 6.99. The van der Waals surface area contributed by atoms with Crippen molar-refractivity contribution in [3.63, 3.8) is 0 Å². The Hall–Kier alpha value is -0.680. The Labute approximate surface area is 133 Å². The number of H-pyrrole nitrogens is 1. The number of rotatable bonds is 5. The van der Waals surface area contributed by atoms with Gasteiger partial charge in [-0.3, -0.25) is 4.79 Å². The Kier molecular flexibility index (Phi) is 4.79. The van der Waals surface area contributed by atoms with Gasteiger partial charge in [-0.05, 0) is 54.5 Å². The summed E-state index contributed by atoms with van der Waals surface area (Å²) in [5.41, 5.74) is 0.858. The Bertz CT molecular complexity index is 548. The number of aromatic amines is 1. The molecular formula is C16H23BrN2O2. The number of nitrogens with zero attached hydrogens (tertiary/aromatic N) is 1. The number of hydrogen-bond acceptors (Lipinski definition) is 3. The first kappa shape index (κ1) is 15.2. The van der Waals surface area contributed by atoms with Gasteiger partial charge in [-0.25, -0.2) is 4.98 Å². The zero-order valence-electron chi connectivity index (χ0n) is 12.5. The van der Waals surface area contributed by atoms with Crippen molar-refractivity contribution in [2.45, 2.75) is 63.9 Å². The van der Waals surface area contributed by atoms with Crippen LogP contribution >= 0.6 is 15.9 Å². The summed E-state index contributed by atoms with van der Waals surface area (Å²) in [6.07, 6.45) is 8.37. The molecule has 2 fully saturated rings. The van der Waals surface area contributed by atoms with Crippen molar-refractivity contribution >= 4 is 15.9 Å². The van der Waals surface area contributed by atoms with E-state index < -0.39 is 0 Å². The number of halogens is 1. The zero-order valence-corrected chi connectivity index (χ0v) is 14.1. The first-order valence-corrected chi connectivity index (χ1v) is 8.91. The summed E-state index contributed by atoms with van der Waals surface area (Å²) in [6.45, 7) is 2.66. The summed E-state index contributed by atoms with van der Waals surface area (Å²) in [5.74, 6) is 1.67. The van der Waals surface area contributed by atoms with E-state index in [0.29, 0.717) is 22.9 Å². The van der Waals surface area contributed by atoms with E-state index in [1.165, 1.54) is 32.1 Å². The van der Waals surface area contributed by atoms with Gasteiger partial charge in [0.1, 0.15) is 16.4 Å². The van der Waals surface area contributed by atoms with E-state index in [9.17, 15) is 4.79 Å². The van der Waals surface area contributed by atoms with Gasteiger partial charge in [-0.1, -0.05) is 19.3 Å². The standard InChI is InChI=1S/C16H23BrN2O2/c1-2-21-14(11-6-4-3-5-7-11)15-18-13(10-8-9-10)12(17)16(20)19-15/h10-11,14H,2-9H2,1H3,(H,18,19,20). The van der Waals surface area contributed by atoms with Crippen LogP contribution in [-0.4, -0.2) is 16.6 Å². The summed E-state index contributed by atoms with van der Waals surface area (Å²) in [4.78, 5) is 19.9. The third kappa shape index (κ3) is 3.39. The minimum atomic E-state index is -0.0672. The van der Waals surface area contributed by atoms with Gasteiger partial charge in [0.2, 0.25) is 0 Å². The molecule has 1 unspecified atom stereocenters. The predicted molar refractivity (Wildman–Crippen MR) is 85.5 cm³/mol. The quantitative estimate of drug-likeness (QED) is 0.866. The van der Waals surface area contributed by atoms with Gasteiger partial charge >= 0.3 is 0 Å². The number of aromatic nitrogens is 2. The van der Waals surface area contributed by atoms with E-state index in [0.717, 1.165) is 24.4 Å². The molecule has 4 nitrogen and oxygen atoms in total. The summed E-state index contributed by atoms with van der Waals surface area (Å²) in [5, 5.41) is 0. The lowest BCUT2D eigenvalue weighted by Gasteiger charge is -2.29. The van der Waals surface area contributed by atoms with E-state index in [2.05, 4.69) is 20.9 Å². The maximum Gasteiger partial charge on any atom is 0.265 e. The van der Waals surface area contributed by atoms with Gasteiger partial charge in [0.05, 0.1) is 5.69 Å². The highest BCUT2D eigenvalue weighted by Gasteiger charge is 2.32. The van der Waals surface area contributed by atoms with Crippen molar-refractivity contribution in [3.8, 4) is 0 Å². The van der Waals surface area contributed by atoms with Crippen LogP contribution in [0.15, 0.2) is 9.27 Å². The highest BCUT2D eigenvalue weighted by atomic mass is 79.9. The molecular weight excluding hydrogens is 332 g/mol. The molecule has 1 atom stereocenters. The molecule has 2 aliphatic rings. The lowest BCUT2D eigenvalue weighted by Crippen LogP contribution is -2.25. The fourth-order valence-electron chi connectivity index (χ4n) is 3.31. The minimum Gasteiger partial charge on any atom is -0.370 e. The van der Waals surface area contributed by atoms with Crippen LogP contribution in [0.5, 0.6) is 0 Å². The molecule has 0 aromatic carbocycles. The fourth-order valence-corrected chi connectivity index (χ4v) is 3.82. The second-order valence-electron chi connectivity index (χ2n) is 6.20. The van der Waals surface area contributed by atoms with E-state index in [1.807, 2.05) is 6.92 Å². The Morgan fingerprint density at radius 2 is 2.00 bits per heavy atom. The van der Waals surface area contributed by atoms with Gasteiger partial charge in [-0.2, -0.15) is 0 Å². The normalized spacial score (nSPS) is 21.4. The van der Waals surface area contributed by atoms with Crippen molar-refractivity contribution in [3.05, 3.63) is 26.3 Å². The average molecular weight is 355 g/mol. The van der Waals surface area contributed by atoms with Crippen LogP contribution in [0.25, 0.3) is 0 Å². The minimum absolute atomic E-state index is 0.0615. The van der Waals surface area contributed by atoms with Crippen LogP contribution < -0.4 is 5.56 Å². The Balaban J connectivity index is 1.92. The molecule has 2 saturated carbocycles. The SMILES string of the molecule is CCOC(c1nc(C2CC2)c(Br)c(=O)[nH]1)C1CCCCC1. The third-order valence-electron chi connectivity index (χ3n) is 4.56. The third-order valence-corrected chi connectivity index (χ3v) is 5.33. The van der Waals surface area contributed by atoms with Gasteiger partial charge in [0.15, 0.2) is 0 Å². The van der Waals surface area contributed by atoms with Gasteiger partial charge in [-0.15, -0.1) is 0 Å². The number of ether oxygens (including phenoxy) is 1. The van der Waals surface area contributed by atoms with E-state index in [4.69, 9.17) is 9.72 Å². The van der Waals surface area contributed by atoms with Gasteiger partial charge in [0.25, 0.3) is 5.56 Å². The van der Waals surface area contributed by atoms with Crippen LogP contribution in [0.1, 0.15) is 75.4 Å². The predicted octanol–water partition coefficient (Wildman–Crippen LogP) is 4.07. The highest BCUT2D eigenvalue weighted by Crippen LogP contribution is 2.42. The Morgan fingerprint density at radius 3 is 2.62 bits per heavy atom. The van der Waals surface area contributed by atoms with Crippen LogP contribution in [0, 0.1) is 5.92 Å². The topological polar surface area (TPSA) is 55.0 Å².